The Morgan fingerprint density at radius 2 is 1.78 bits per heavy atom. The highest BCUT2D eigenvalue weighted by atomic mass is 32.2. The number of aromatic nitrogens is 2. The van der Waals surface area contributed by atoms with Crippen LogP contribution in [0.15, 0.2) is 54.9 Å². The van der Waals surface area contributed by atoms with Crippen LogP contribution in [0.5, 0.6) is 0 Å². The summed E-state index contributed by atoms with van der Waals surface area (Å²) in [6.45, 7) is 1.53. The molecule has 3 N–H and O–H groups in total. The number of amides is 1. The number of nitrogens with one attached hydrogen (secondary N) is 3. The van der Waals surface area contributed by atoms with Crippen molar-refractivity contribution in [3.8, 4) is 0 Å². The van der Waals surface area contributed by atoms with E-state index in [0.717, 1.165) is 48.7 Å². The van der Waals surface area contributed by atoms with Crippen LogP contribution in [0.25, 0.3) is 10.9 Å². The number of halogens is 3. The first kappa shape index (κ1) is 27.1. The molecule has 0 saturated heterocycles. The van der Waals surface area contributed by atoms with Gasteiger partial charge in [0, 0.05) is 47.4 Å². The molecule has 0 radical (unpaired) electrons. The van der Waals surface area contributed by atoms with E-state index in [2.05, 4.69) is 20.0 Å². The first-order valence-electron chi connectivity index (χ1n) is 12.2. The molecule has 1 amide bonds. The molecule has 1 fully saturated rings. The third kappa shape index (κ3) is 6.51. The number of carbonyl (C=O) groups excluding carboxylic acids is 1. The molecule has 11 heteroatoms. The van der Waals surface area contributed by atoms with Gasteiger partial charge < -0.3 is 10.3 Å². The van der Waals surface area contributed by atoms with Crippen LogP contribution in [0, 0.1) is 0 Å². The maximum atomic E-state index is 13.6. The van der Waals surface area contributed by atoms with Crippen molar-refractivity contribution in [1.29, 1.82) is 0 Å². The van der Waals surface area contributed by atoms with Gasteiger partial charge in [0.15, 0.2) is 5.75 Å². The van der Waals surface area contributed by atoms with E-state index in [4.69, 9.17) is 0 Å². The molecule has 2 heterocycles. The molecule has 1 saturated carbocycles. The molecule has 1 atom stereocenters. The Balaban J connectivity index is 1.63. The predicted molar refractivity (Wildman–Crippen MR) is 135 cm³/mol. The number of sulfonamides is 1. The Kier molecular flexibility index (Phi) is 7.66. The number of H-pyrrole nitrogens is 1. The summed E-state index contributed by atoms with van der Waals surface area (Å²) < 4.78 is 66.2. The molecular weight excluding hydrogens is 505 g/mol. The van der Waals surface area contributed by atoms with Crippen molar-refractivity contribution >= 4 is 26.8 Å². The van der Waals surface area contributed by atoms with Crippen molar-refractivity contribution in [2.45, 2.75) is 62.6 Å². The lowest BCUT2D eigenvalue weighted by atomic mass is 9.71. The minimum Gasteiger partial charge on any atom is -0.361 e. The summed E-state index contributed by atoms with van der Waals surface area (Å²) in [5, 5.41) is 3.64. The van der Waals surface area contributed by atoms with Crippen molar-refractivity contribution in [2.75, 3.05) is 12.3 Å². The van der Waals surface area contributed by atoms with E-state index in [1.54, 1.807) is 18.5 Å². The largest absolute Gasteiger partial charge is 0.404 e. The lowest BCUT2D eigenvalue weighted by Crippen LogP contribution is -2.60. The van der Waals surface area contributed by atoms with E-state index in [1.165, 1.54) is 6.92 Å². The molecule has 1 aliphatic rings. The van der Waals surface area contributed by atoms with Crippen LogP contribution in [0.2, 0.25) is 0 Å². The Bertz CT molecular complexity index is 1340. The second kappa shape index (κ2) is 10.4. The van der Waals surface area contributed by atoms with Crippen LogP contribution < -0.4 is 10.0 Å². The zero-order chi connectivity index (χ0) is 26.7. The van der Waals surface area contributed by atoms with Gasteiger partial charge in [0.1, 0.15) is 5.54 Å². The fraction of sp³-hybridized carbons (Fsp3) is 0.462. The lowest BCUT2D eigenvalue weighted by molar-refractivity contribution is -0.127. The van der Waals surface area contributed by atoms with Crippen molar-refractivity contribution in [2.24, 2.45) is 0 Å². The van der Waals surface area contributed by atoms with Gasteiger partial charge in [-0.05, 0) is 43.5 Å². The highest BCUT2D eigenvalue weighted by Gasteiger charge is 2.44. The minimum atomic E-state index is -4.95. The first-order chi connectivity index (χ1) is 17.4. The molecule has 7 nitrogen and oxygen atoms in total. The quantitative estimate of drug-likeness (QED) is 0.378. The number of alkyl halides is 3. The van der Waals surface area contributed by atoms with Crippen molar-refractivity contribution in [3.63, 3.8) is 0 Å². The Labute approximate surface area is 214 Å². The minimum absolute atomic E-state index is 0.142. The molecule has 1 aliphatic carbocycles. The average molecular weight is 537 g/mol. The van der Waals surface area contributed by atoms with Gasteiger partial charge in [-0.15, -0.1) is 0 Å². The van der Waals surface area contributed by atoms with Crippen LogP contribution in [0.3, 0.4) is 0 Å². The Morgan fingerprint density at radius 3 is 2.46 bits per heavy atom. The number of nitrogens with zero attached hydrogens (tertiary/aromatic N) is 1. The molecule has 4 rings (SSSR count). The summed E-state index contributed by atoms with van der Waals surface area (Å²) in [4.78, 5) is 21.2. The summed E-state index contributed by atoms with van der Waals surface area (Å²) in [5.41, 5.74) is -0.0720. The van der Waals surface area contributed by atoms with Crippen LogP contribution in [0.1, 0.15) is 50.3 Å². The smallest absolute Gasteiger partial charge is 0.361 e. The number of pyridine rings is 1. The van der Waals surface area contributed by atoms with Gasteiger partial charge in [-0.1, -0.05) is 43.5 Å². The second-order valence-electron chi connectivity index (χ2n) is 10.1. The van der Waals surface area contributed by atoms with E-state index in [-0.39, 0.29) is 13.0 Å². The number of hydrogen-bond donors (Lipinski definition) is 3. The highest BCUT2D eigenvalue weighted by Crippen LogP contribution is 2.38. The van der Waals surface area contributed by atoms with Crippen LogP contribution >= 0.6 is 0 Å². The highest BCUT2D eigenvalue weighted by molar-refractivity contribution is 7.89. The fourth-order valence-corrected chi connectivity index (χ4v) is 6.64. The number of aromatic amines is 1. The molecule has 2 aromatic heterocycles. The number of hydrogen-bond acceptors (Lipinski definition) is 4. The van der Waals surface area contributed by atoms with Gasteiger partial charge in [0.25, 0.3) is 0 Å². The SMILES string of the molecule is CC(Cc1c[nH]c2ccccc12)(NS(=O)(=O)CC(F)(F)F)C(=O)NCC1(c2ccccn2)CCCCC1. The normalized spacial score (nSPS) is 17.8. The second-order valence-corrected chi connectivity index (χ2v) is 11.8. The van der Waals surface area contributed by atoms with E-state index < -0.39 is 38.8 Å². The van der Waals surface area contributed by atoms with Gasteiger partial charge >= 0.3 is 6.18 Å². The zero-order valence-corrected chi connectivity index (χ0v) is 21.4. The van der Waals surface area contributed by atoms with E-state index >= 15 is 0 Å². The summed E-state index contributed by atoms with van der Waals surface area (Å²) in [6.07, 6.45) is 2.81. The van der Waals surface area contributed by atoms with Crippen LogP contribution in [-0.2, 0) is 26.7 Å². The van der Waals surface area contributed by atoms with E-state index in [9.17, 15) is 26.4 Å². The van der Waals surface area contributed by atoms with E-state index in [1.807, 2.05) is 36.4 Å². The summed E-state index contributed by atoms with van der Waals surface area (Å²) in [5.74, 6) is -2.77. The lowest BCUT2D eigenvalue weighted by Gasteiger charge is -2.38. The molecular formula is C26H31F3N4O3S. The molecule has 3 aromatic rings. The third-order valence-electron chi connectivity index (χ3n) is 7.06. The van der Waals surface area contributed by atoms with E-state index in [0.29, 0.717) is 5.56 Å². The maximum Gasteiger partial charge on any atom is 0.404 e. The van der Waals surface area contributed by atoms with Gasteiger partial charge in [-0.25, -0.2) is 8.42 Å². The van der Waals surface area contributed by atoms with Crippen LogP contribution in [0.4, 0.5) is 13.2 Å². The summed E-state index contributed by atoms with van der Waals surface area (Å²) >= 11 is 0. The number of benzene rings is 1. The van der Waals surface area contributed by atoms with Crippen molar-refractivity contribution in [3.05, 3.63) is 66.1 Å². The molecule has 1 aromatic carbocycles. The average Bonchev–Trinajstić information content (AvgIpc) is 3.24. The Hall–Kier alpha value is -2.92. The van der Waals surface area contributed by atoms with Crippen molar-refractivity contribution in [1.82, 2.24) is 20.0 Å². The van der Waals surface area contributed by atoms with Gasteiger partial charge in [-0.2, -0.15) is 17.9 Å². The number of fused-ring (bicyclic) bond motifs is 1. The molecule has 1 unspecified atom stereocenters. The summed E-state index contributed by atoms with van der Waals surface area (Å²) in [6, 6.07) is 12.9. The van der Waals surface area contributed by atoms with Crippen LogP contribution in [-0.4, -0.2) is 48.3 Å². The summed E-state index contributed by atoms with van der Waals surface area (Å²) in [7, 11) is -4.87. The third-order valence-corrected chi connectivity index (χ3v) is 8.53. The van der Waals surface area contributed by atoms with Gasteiger partial charge in [0.05, 0.1) is 0 Å². The Morgan fingerprint density at radius 1 is 1.08 bits per heavy atom. The number of rotatable bonds is 9. The molecule has 37 heavy (non-hydrogen) atoms. The standard InChI is InChI=1S/C26H31F3N4O3S/c1-24(33-37(35,36)18-26(27,28)29,15-19-16-31-21-10-4-3-9-20(19)21)23(34)32-17-25(12-6-2-7-13-25)22-11-5-8-14-30-22/h3-5,8-11,14,16,31,33H,2,6-7,12-13,15,17-18H2,1H3,(H,32,34). The molecule has 0 bridgehead atoms. The maximum absolute atomic E-state index is 13.6. The monoisotopic (exact) mass is 536 g/mol. The zero-order valence-electron chi connectivity index (χ0n) is 20.6. The number of carbonyl (C=O) groups is 1. The van der Waals surface area contributed by atoms with Gasteiger partial charge in [0.2, 0.25) is 15.9 Å². The molecule has 0 spiro atoms. The molecule has 0 aliphatic heterocycles. The van der Waals surface area contributed by atoms with Crippen molar-refractivity contribution < 1.29 is 26.4 Å². The van der Waals surface area contributed by atoms with Gasteiger partial charge in [-0.3, -0.25) is 9.78 Å². The molecule has 200 valence electrons. The first-order valence-corrected chi connectivity index (χ1v) is 13.9. The number of para-hydroxylation sites is 1. The predicted octanol–water partition coefficient (Wildman–Crippen LogP) is 4.36. The topological polar surface area (TPSA) is 104 Å². The fourth-order valence-electron chi connectivity index (χ4n) is 5.29.